The molecule has 10 heavy (non-hydrogen) atoms. The van der Waals surface area contributed by atoms with Gasteiger partial charge in [0.25, 0.3) is 0 Å². The van der Waals surface area contributed by atoms with Crippen molar-refractivity contribution in [1.82, 2.24) is 4.90 Å². The average molecular weight is 136 g/mol. The molecule has 0 saturated heterocycles. The fourth-order valence-electron chi connectivity index (χ4n) is 0.668. The van der Waals surface area contributed by atoms with Gasteiger partial charge in [0, 0.05) is 19.0 Å². The number of allylic oxidation sites excluding steroid dienone is 1. The summed E-state index contributed by atoms with van der Waals surface area (Å²) in [5, 5.41) is 0. The van der Waals surface area contributed by atoms with Crippen LogP contribution in [0.3, 0.4) is 0 Å². The number of rotatable bonds is 0. The Labute approximate surface area is 59.4 Å². The Bertz CT molecular complexity index is 246. The summed E-state index contributed by atoms with van der Waals surface area (Å²) in [7, 11) is 1.76. The molecule has 0 amide bonds. The van der Waals surface area contributed by atoms with Crippen LogP contribution in [0.4, 0.5) is 0 Å². The van der Waals surface area contributed by atoms with Crippen LogP contribution in [0, 0.1) is 0 Å². The van der Waals surface area contributed by atoms with Crippen LogP contribution in [0.25, 0.3) is 0 Å². The first-order valence-electron chi connectivity index (χ1n) is 2.95. The summed E-state index contributed by atoms with van der Waals surface area (Å²) in [5.74, 6) is 2.07. The van der Waals surface area contributed by atoms with Crippen LogP contribution < -0.4 is 0 Å². The Morgan fingerprint density at radius 2 is 2.40 bits per heavy atom. The van der Waals surface area contributed by atoms with Crippen LogP contribution in [0.15, 0.2) is 23.1 Å². The predicted octanol–water partition coefficient (Wildman–Crippen LogP) is 0.579. The highest BCUT2D eigenvalue weighted by atomic mass is 16.1. The standard InChI is InChI=1S/C7H8N2O/c1-6-3-4-9(2)7(5-10)8-6/h3-4H,1-2H3. The van der Waals surface area contributed by atoms with Crippen LogP contribution in [0.5, 0.6) is 0 Å². The smallest absolute Gasteiger partial charge is 0.219 e. The van der Waals surface area contributed by atoms with Crippen LogP contribution in [0.2, 0.25) is 0 Å². The average Bonchev–Trinajstić information content (AvgIpc) is 1.94. The van der Waals surface area contributed by atoms with Crippen molar-refractivity contribution in [2.75, 3.05) is 7.05 Å². The second-order valence-corrected chi connectivity index (χ2v) is 2.11. The molecule has 0 radical (unpaired) electrons. The summed E-state index contributed by atoms with van der Waals surface area (Å²) < 4.78 is 0. The second-order valence-electron chi connectivity index (χ2n) is 2.11. The molecule has 0 atom stereocenters. The maximum absolute atomic E-state index is 10.2. The molecule has 0 aromatic carbocycles. The van der Waals surface area contributed by atoms with E-state index in [-0.39, 0.29) is 0 Å². The molecule has 0 bridgehead atoms. The molecule has 52 valence electrons. The van der Waals surface area contributed by atoms with Gasteiger partial charge in [0.15, 0.2) is 5.94 Å². The topological polar surface area (TPSA) is 32.7 Å². The predicted molar refractivity (Wildman–Crippen MR) is 39.2 cm³/mol. The van der Waals surface area contributed by atoms with Crippen molar-refractivity contribution in [2.45, 2.75) is 6.92 Å². The van der Waals surface area contributed by atoms with Crippen molar-refractivity contribution < 1.29 is 4.79 Å². The third kappa shape index (κ3) is 1.14. The molecule has 0 aromatic heterocycles. The van der Waals surface area contributed by atoms with Gasteiger partial charge in [0.1, 0.15) is 0 Å². The van der Waals surface area contributed by atoms with Crippen LogP contribution >= 0.6 is 0 Å². The highest BCUT2D eigenvalue weighted by Gasteiger charge is 2.04. The number of nitrogens with zero attached hydrogens (tertiary/aromatic N) is 2. The summed E-state index contributed by atoms with van der Waals surface area (Å²) >= 11 is 0. The largest absolute Gasteiger partial charge is 0.327 e. The van der Waals surface area contributed by atoms with E-state index in [9.17, 15) is 4.79 Å². The Morgan fingerprint density at radius 1 is 1.70 bits per heavy atom. The van der Waals surface area contributed by atoms with Gasteiger partial charge in [0.2, 0.25) is 5.82 Å². The monoisotopic (exact) mass is 136 g/mol. The lowest BCUT2D eigenvalue weighted by atomic mass is 10.3. The molecule has 0 N–H and O–H groups in total. The summed E-state index contributed by atoms with van der Waals surface area (Å²) in [4.78, 5) is 15.7. The molecular formula is C7H8N2O. The van der Waals surface area contributed by atoms with Gasteiger partial charge < -0.3 is 4.90 Å². The minimum atomic E-state index is 0.333. The van der Waals surface area contributed by atoms with E-state index in [0.717, 1.165) is 5.71 Å². The van der Waals surface area contributed by atoms with Gasteiger partial charge in [0.05, 0.1) is 0 Å². The zero-order chi connectivity index (χ0) is 7.56. The number of hydrogen-bond donors (Lipinski definition) is 0. The van der Waals surface area contributed by atoms with E-state index >= 15 is 0 Å². The molecule has 0 aliphatic carbocycles. The Balaban J connectivity index is 2.98. The van der Waals surface area contributed by atoms with Crippen LogP contribution in [-0.2, 0) is 4.79 Å². The van der Waals surface area contributed by atoms with Gasteiger partial charge >= 0.3 is 0 Å². The van der Waals surface area contributed by atoms with Gasteiger partial charge in [-0.3, -0.25) is 0 Å². The lowest BCUT2D eigenvalue weighted by Gasteiger charge is -2.14. The van der Waals surface area contributed by atoms with Gasteiger partial charge in [-0.2, -0.15) is 0 Å². The van der Waals surface area contributed by atoms with E-state index in [1.165, 1.54) is 0 Å². The van der Waals surface area contributed by atoms with E-state index < -0.39 is 0 Å². The van der Waals surface area contributed by atoms with Gasteiger partial charge in [-0.05, 0) is 13.0 Å². The van der Waals surface area contributed by atoms with Crippen molar-refractivity contribution in [1.29, 1.82) is 0 Å². The highest BCUT2D eigenvalue weighted by molar-refractivity contribution is 5.94. The second kappa shape index (κ2) is 2.50. The van der Waals surface area contributed by atoms with E-state index in [1.54, 1.807) is 24.1 Å². The van der Waals surface area contributed by atoms with E-state index in [2.05, 4.69) is 4.99 Å². The molecular weight excluding hydrogens is 128 g/mol. The normalized spacial score (nSPS) is 16.8. The maximum atomic E-state index is 10.2. The fourth-order valence-corrected chi connectivity index (χ4v) is 0.668. The summed E-state index contributed by atoms with van der Waals surface area (Å²) in [5.41, 5.74) is 0.830. The lowest BCUT2D eigenvalue weighted by Crippen LogP contribution is -2.14. The van der Waals surface area contributed by atoms with Gasteiger partial charge in [-0.1, -0.05) is 0 Å². The molecule has 0 aromatic rings. The first kappa shape index (κ1) is 6.78. The third-order valence-electron chi connectivity index (χ3n) is 1.25. The summed E-state index contributed by atoms with van der Waals surface area (Å²) in [6.45, 7) is 1.83. The third-order valence-corrected chi connectivity index (χ3v) is 1.25. The highest BCUT2D eigenvalue weighted by Crippen LogP contribution is 2.05. The number of hydrogen-bond acceptors (Lipinski definition) is 3. The van der Waals surface area contributed by atoms with Gasteiger partial charge in [-0.25, -0.2) is 9.79 Å². The minimum Gasteiger partial charge on any atom is -0.327 e. The van der Waals surface area contributed by atoms with Crippen LogP contribution in [-0.4, -0.2) is 23.6 Å². The van der Waals surface area contributed by atoms with Crippen LogP contribution in [0.1, 0.15) is 6.92 Å². The molecule has 1 heterocycles. The molecule has 0 unspecified atom stereocenters. The first-order chi connectivity index (χ1) is 4.74. The Hall–Kier alpha value is -1.34. The molecule has 3 nitrogen and oxygen atoms in total. The molecule has 3 heteroatoms. The molecule has 0 fully saturated rings. The van der Waals surface area contributed by atoms with Crippen molar-refractivity contribution in [3.8, 4) is 0 Å². The SMILES string of the molecule is CC1=NC(=C=O)N(C)C=C1. The molecule has 1 rings (SSSR count). The van der Waals surface area contributed by atoms with Crippen molar-refractivity contribution in [2.24, 2.45) is 4.99 Å². The van der Waals surface area contributed by atoms with E-state index in [4.69, 9.17) is 0 Å². The van der Waals surface area contributed by atoms with E-state index in [1.807, 2.05) is 13.0 Å². The zero-order valence-corrected chi connectivity index (χ0v) is 5.96. The zero-order valence-electron chi connectivity index (χ0n) is 5.96. The molecule has 0 spiro atoms. The first-order valence-corrected chi connectivity index (χ1v) is 2.95. The van der Waals surface area contributed by atoms with E-state index in [0.29, 0.717) is 5.82 Å². The van der Waals surface area contributed by atoms with Crippen molar-refractivity contribution >= 4 is 11.7 Å². The molecule has 0 saturated carbocycles. The Kier molecular flexibility index (Phi) is 1.69. The maximum Gasteiger partial charge on any atom is 0.219 e. The minimum absolute atomic E-state index is 0.333. The summed E-state index contributed by atoms with van der Waals surface area (Å²) in [6, 6.07) is 0. The lowest BCUT2D eigenvalue weighted by molar-refractivity contribution is 0.530. The quantitative estimate of drug-likeness (QED) is 0.456. The fraction of sp³-hybridized carbons (Fsp3) is 0.286. The van der Waals surface area contributed by atoms with Gasteiger partial charge in [-0.15, -0.1) is 0 Å². The Morgan fingerprint density at radius 3 is 2.90 bits per heavy atom. The molecule has 1 aliphatic heterocycles. The number of carbonyl (C=O) groups excluding carboxylic acids is 1. The molecule has 1 aliphatic rings. The summed E-state index contributed by atoms with van der Waals surface area (Å²) in [6.07, 6.45) is 3.61. The van der Waals surface area contributed by atoms with Crippen molar-refractivity contribution in [3.05, 3.63) is 18.1 Å². The number of aliphatic imine (C=N–C) groups is 1. The van der Waals surface area contributed by atoms with Crippen molar-refractivity contribution in [3.63, 3.8) is 0 Å².